The average molecular weight is 344 g/mol. The fourth-order valence-electron chi connectivity index (χ4n) is 1.94. The van der Waals surface area contributed by atoms with Crippen LogP contribution in [0.1, 0.15) is 6.92 Å². The average Bonchev–Trinajstić information content (AvgIpc) is 2.40. The predicted molar refractivity (Wildman–Crippen MR) is 70.8 cm³/mol. The summed E-state index contributed by atoms with van der Waals surface area (Å²) in [6.45, 7) is 0.631. The number of carbonyl (C=O) groups excluding carboxylic acids is 1. The van der Waals surface area contributed by atoms with Crippen LogP contribution >= 0.6 is 0 Å². The number of aliphatic hydroxyl groups excluding tert-OH is 2. The largest absolute Gasteiger partial charge is 0.397 e. The molecule has 0 radical (unpaired) electrons. The molecule has 11 nitrogen and oxygen atoms in total. The van der Waals surface area contributed by atoms with Crippen LogP contribution in [0.3, 0.4) is 0 Å². The smallest absolute Gasteiger partial charge is 0.388 e. The Morgan fingerprint density at radius 1 is 1.36 bits per heavy atom. The first kappa shape index (κ1) is 19.2. The normalized spacial score (nSPS) is 32.7. The van der Waals surface area contributed by atoms with Gasteiger partial charge < -0.3 is 30.7 Å². The van der Waals surface area contributed by atoms with Gasteiger partial charge in [-0.25, -0.2) is 4.18 Å². The van der Waals surface area contributed by atoms with Crippen molar-refractivity contribution in [2.75, 3.05) is 19.8 Å². The van der Waals surface area contributed by atoms with Gasteiger partial charge in [0.1, 0.15) is 24.4 Å². The van der Waals surface area contributed by atoms with Crippen molar-refractivity contribution in [3.05, 3.63) is 0 Å². The number of ether oxygens (including phenoxy) is 2. The molecule has 1 aliphatic heterocycles. The van der Waals surface area contributed by atoms with E-state index in [-0.39, 0.29) is 13.2 Å². The van der Waals surface area contributed by atoms with Crippen LogP contribution in [0.2, 0.25) is 0 Å². The molecule has 0 bridgehead atoms. The Morgan fingerprint density at radius 3 is 2.50 bits per heavy atom. The fraction of sp³-hybridized carbons (Fsp3) is 0.900. The molecule has 1 rings (SSSR count). The zero-order valence-corrected chi connectivity index (χ0v) is 12.6. The molecule has 0 aliphatic carbocycles. The number of hydrogen-bond acceptors (Lipinski definition) is 9. The molecular formula is C10H20N2O9S. The molecule has 1 saturated heterocycles. The Bertz CT molecular complexity index is 471. The van der Waals surface area contributed by atoms with Crippen molar-refractivity contribution >= 4 is 16.3 Å². The SMILES string of the molecule is CC(=O)NC1C(OCCN)OC(COS(=O)(=O)O)C(O)C1O. The molecule has 0 spiro atoms. The quantitative estimate of drug-likeness (QED) is 0.294. The highest BCUT2D eigenvalue weighted by molar-refractivity contribution is 7.80. The zero-order valence-electron chi connectivity index (χ0n) is 11.8. The van der Waals surface area contributed by atoms with E-state index in [4.69, 9.17) is 19.8 Å². The third kappa shape index (κ3) is 5.73. The summed E-state index contributed by atoms with van der Waals surface area (Å²) in [6, 6.07) is -1.08. The van der Waals surface area contributed by atoms with E-state index in [1.165, 1.54) is 6.92 Å². The van der Waals surface area contributed by atoms with Gasteiger partial charge in [-0.3, -0.25) is 9.35 Å². The summed E-state index contributed by atoms with van der Waals surface area (Å²) in [5, 5.41) is 22.3. The van der Waals surface area contributed by atoms with Crippen molar-refractivity contribution in [3.63, 3.8) is 0 Å². The van der Waals surface area contributed by atoms with Gasteiger partial charge >= 0.3 is 10.4 Å². The van der Waals surface area contributed by atoms with Gasteiger partial charge in [0.25, 0.3) is 0 Å². The van der Waals surface area contributed by atoms with E-state index in [0.717, 1.165) is 0 Å². The van der Waals surface area contributed by atoms with Gasteiger partial charge in [0, 0.05) is 13.5 Å². The summed E-state index contributed by atoms with van der Waals surface area (Å²) in [5.74, 6) is -0.492. The Morgan fingerprint density at radius 2 is 2.00 bits per heavy atom. The lowest BCUT2D eigenvalue weighted by Gasteiger charge is -2.42. The van der Waals surface area contributed by atoms with Gasteiger partial charge in [-0.05, 0) is 0 Å². The van der Waals surface area contributed by atoms with Crippen molar-refractivity contribution in [1.82, 2.24) is 5.32 Å². The van der Waals surface area contributed by atoms with E-state index >= 15 is 0 Å². The highest BCUT2D eigenvalue weighted by Gasteiger charge is 2.45. The van der Waals surface area contributed by atoms with Gasteiger partial charge in [-0.1, -0.05) is 0 Å². The molecule has 12 heteroatoms. The first-order chi connectivity index (χ1) is 10.2. The van der Waals surface area contributed by atoms with Crippen molar-refractivity contribution in [3.8, 4) is 0 Å². The third-order valence-corrected chi connectivity index (χ3v) is 3.29. The molecule has 0 aromatic carbocycles. The minimum Gasteiger partial charge on any atom is -0.388 e. The lowest BCUT2D eigenvalue weighted by atomic mass is 9.97. The molecule has 1 heterocycles. The molecule has 6 N–H and O–H groups in total. The number of nitrogens with two attached hydrogens (primary N) is 1. The summed E-state index contributed by atoms with van der Waals surface area (Å²) in [7, 11) is -4.73. The van der Waals surface area contributed by atoms with Crippen LogP contribution in [0.15, 0.2) is 0 Å². The molecule has 1 fully saturated rings. The standard InChI is InChI=1S/C10H20N2O9S/c1-5(13)12-7-9(15)8(14)6(4-20-22(16,17)18)21-10(7)19-3-2-11/h6-10,14-15H,2-4,11H2,1H3,(H,12,13)(H,16,17,18). The molecule has 5 atom stereocenters. The molecule has 0 aromatic rings. The summed E-state index contributed by atoms with van der Waals surface area (Å²) in [5.41, 5.74) is 5.29. The Hall–Kier alpha value is -0.860. The van der Waals surface area contributed by atoms with Crippen molar-refractivity contribution in [2.45, 2.75) is 37.6 Å². The maximum atomic E-state index is 11.1. The van der Waals surface area contributed by atoms with Crippen LogP contribution in [0, 0.1) is 0 Å². The first-order valence-corrected chi connectivity index (χ1v) is 7.74. The van der Waals surface area contributed by atoms with Crippen molar-refractivity contribution < 1.29 is 41.6 Å². The Balaban J connectivity index is 2.81. The van der Waals surface area contributed by atoms with Gasteiger partial charge in [0.2, 0.25) is 5.91 Å². The maximum absolute atomic E-state index is 11.1. The van der Waals surface area contributed by atoms with Gasteiger partial charge in [0.15, 0.2) is 6.29 Å². The van der Waals surface area contributed by atoms with Crippen LogP contribution < -0.4 is 11.1 Å². The minimum atomic E-state index is -4.73. The van der Waals surface area contributed by atoms with E-state index in [0.29, 0.717) is 0 Å². The predicted octanol–water partition coefficient (Wildman–Crippen LogP) is -3.27. The summed E-state index contributed by atoms with van der Waals surface area (Å²) >= 11 is 0. The fourth-order valence-corrected chi connectivity index (χ4v) is 2.24. The second-order valence-corrected chi connectivity index (χ2v) is 5.71. The minimum absolute atomic E-state index is 0.0371. The van der Waals surface area contributed by atoms with Gasteiger partial charge in [-0.2, -0.15) is 8.42 Å². The highest BCUT2D eigenvalue weighted by Crippen LogP contribution is 2.23. The van der Waals surface area contributed by atoms with Crippen molar-refractivity contribution in [2.24, 2.45) is 5.73 Å². The monoisotopic (exact) mass is 344 g/mol. The molecule has 1 aliphatic rings. The molecular weight excluding hydrogens is 324 g/mol. The number of carbonyl (C=O) groups is 1. The van der Waals surface area contributed by atoms with E-state index < -0.39 is 53.6 Å². The van der Waals surface area contributed by atoms with Crippen LogP contribution in [0.4, 0.5) is 0 Å². The highest BCUT2D eigenvalue weighted by atomic mass is 32.3. The number of nitrogens with one attached hydrogen (secondary N) is 1. The molecule has 22 heavy (non-hydrogen) atoms. The lowest BCUT2D eigenvalue weighted by Crippen LogP contribution is -2.64. The van der Waals surface area contributed by atoms with Gasteiger partial charge in [-0.15, -0.1) is 0 Å². The Kier molecular flexibility index (Phi) is 7.08. The summed E-state index contributed by atoms with van der Waals surface area (Å²) in [4.78, 5) is 11.1. The van der Waals surface area contributed by atoms with E-state index in [2.05, 4.69) is 9.50 Å². The summed E-state index contributed by atoms with van der Waals surface area (Å²) < 4.78 is 44.3. The van der Waals surface area contributed by atoms with Crippen molar-refractivity contribution in [1.29, 1.82) is 0 Å². The number of hydrogen-bond donors (Lipinski definition) is 5. The first-order valence-electron chi connectivity index (χ1n) is 6.38. The molecule has 0 aromatic heterocycles. The van der Waals surface area contributed by atoms with Gasteiger partial charge in [0.05, 0.1) is 13.2 Å². The Labute approximate surface area is 127 Å². The third-order valence-electron chi connectivity index (χ3n) is 2.85. The van der Waals surface area contributed by atoms with Crippen LogP contribution in [-0.4, -0.2) is 79.5 Å². The number of rotatable bonds is 7. The topological polar surface area (TPSA) is 178 Å². The van der Waals surface area contributed by atoms with Crippen LogP contribution in [-0.2, 0) is 28.9 Å². The lowest BCUT2D eigenvalue weighted by molar-refractivity contribution is -0.268. The second kappa shape index (κ2) is 8.12. The summed E-state index contributed by atoms with van der Waals surface area (Å²) in [6.07, 6.45) is -5.56. The zero-order chi connectivity index (χ0) is 16.9. The molecule has 130 valence electrons. The second-order valence-electron chi connectivity index (χ2n) is 4.62. The molecule has 0 saturated carbocycles. The van der Waals surface area contributed by atoms with E-state index in [1.54, 1.807) is 0 Å². The maximum Gasteiger partial charge on any atom is 0.397 e. The number of amides is 1. The molecule has 1 amide bonds. The van der Waals surface area contributed by atoms with E-state index in [9.17, 15) is 23.4 Å². The van der Waals surface area contributed by atoms with E-state index in [1.807, 2.05) is 0 Å². The van der Waals surface area contributed by atoms with Crippen LogP contribution in [0.25, 0.3) is 0 Å². The molecule has 5 unspecified atom stereocenters. The number of aliphatic hydroxyl groups is 2. The van der Waals surface area contributed by atoms with Crippen LogP contribution in [0.5, 0.6) is 0 Å².